The summed E-state index contributed by atoms with van der Waals surface area (Å²) in [7, 11) is 4.77. The average molecular weight is 924 g/mol. The SMILES string of the molecule is COC1CC(CC[C@@H]2CC(=O)[C@H](C)/C=C(\C)[C@H]3OC(CC/C=C/C=C/C=C(\C)[C@@H](OC)CCCCC(C)C(O)(O)C(=O)C(=O)N4CCCC/C4=C(/O)O2)C(=O)C3OC)CCC1n1cnnn1. The van der Waals surface area contributed by atoms with Crippen molar-refractivity contribution in [3.05, 3.63) is 65.6 Å². The minimum absolute atomic E-state index is 0.0298. The van der Waals surface area contributed by atoms with Gasteiger partial charge in [0.1, 0.15) is 42.2 Å². The quantitative estimate of drug-likeness (QED) is 0.159. The molecule has 0 radical (unpaired) electrons. The summed E-state index contributed by atoms with van der Waals surface area (Å²) in [5.41, 5.74) is 1.73. The second-order valence-corrected chi connectivity index (χ2v) is 18.5. The number of ketones is 3. The maximum atomic E-state index is 14.1. The molecule has 0 spiro atoms. The molecular formula is C49H73N5O12. The minimum atomic E-state index is -2.95. The van der Waals surface area contributed by atoms with Crippen LogP contribution in [0.4, 0.5) is 0 Å². The lowest BCUT2D eigenvalue weighted by Gasteiger charge is -2.35. The molecule has 1 aliphatic carbocycles. The molecule has 0 aromatic carbocycles. The van der Waals surface area contributed by atoms with Crippen molar-refractivity contribution in [3.63, 3.8) is 0 Å². The van der Waals surface area contributed by atoms with E-state index in [4.69, 9.17) is 23.7 Å². The Hall–Kier alpha value is -4.39. The summed E-state index contributed by atoms with van der Waals surface area (Å²) in [6.07, 6.45) is 17.4. The van der Waals surface area contributed by atoms with Gasteiger partial charge in [-0.05, 0) is 118 Å². The Morgan fingerprint density at radius 1 is 0.879 bits per heavy atom. The van der Waals surface area contributed by atoms with E-state index in [1.807, 2.05) is 44.2 Å². The summed E-state index contributed by atoms with van der Waals surface area (Å²) in [5, 5.41) is 45.7. The number of piperidine rings is 1. The number of nitrogens with zero attached hydrogens (tertiary/aromatic N) is 5. The first-order valence-corrected chi connectivity index (χ1v) is 23.7. The third kappa shape index (κ3) is 13.6. The molecule has 3 fully saturated rings. The number of carbonyl (C=O) groups excluding carboxylic acids is 4. The molecule has 2 bridgehead atoms. The van der Waals surface area contributed by atoms with Crippen molar-refractivity contribution in [3.8, 4) is 0 Å². The number of Topliss-reactive ketones (excluding diaryl/α,β-unsaturated/α-hetero) is 3. The number of methoxy groups -OCH3 is 3. The topological polar surface area (TPSA) is 222 Å². The summed E-state index contributed by atoms with van der Waals surface area (Å²) in [6, 6.07) is -0.0298. The Bertz CT molecular complexity index is 1940. The number of aliphatic hydroxyl groups excluding tert-OH is 1. The van der Waals surface area contributed by atoms with Crippen molar-refractivity contribution in [1.82, 2.24) is 25.1 Å². The molecule has 4 aliphatic rings. The fourth-order valence-electron chi connectivity index (χ4n) is 9.72. The predicted octanol–water partition coefficient (Wildman–Crippen LogP) is 6.14. The van der Waals surface area contributed by atoms with Crippen LogP contribution in [0.3, 0.4) is 0 Å². The van der Waals surface area contributed by atoms with Crippen LogP contribution in [0, 0.1) is 17.8 Å². The molecule has 4 heterocycles. The summed E-state index contributed by atoms with van der Waals surface area (Å²) >= 11 is 0. The van der Waals surface area contributed by atoms with Gasteiger partial charge in [-0.3, -0.25) is 19.2 Å². The van der Waals surface area contributed by atoms with Gasteiger partial charge < -0.3 is 43.9 Å². The zero-order valence-corrected chi connectivity index (χ0v) is 39.9. The van der Waals surface area contributed by atoms with Gasteiger partial charge in [0, 0.05) is 46.1 Å². The van der Waals surface area contributed by atoms with E-state index < -0.39 is 59.7 Å². The molecule has 366 valence electrons. The molecule has 1 saturated carbocycles. The summed E-state index contributed by atoms with van der Waals surface area (Å²) in [5.74, 6) is -7.83. The number of amides is 1. The number of allylic oxidation sites excluding steroid dienone is 7. The lowest BCUT2D eigenvalue weighted by atomic mass is 9.80. The van der Waals surface area contributed by atoms with E-state index in [0.29, 0.717) is 69.8 Å². The highest BCUT2D eigenvalue weighted by Gasteiger charge is 2.47. The largest absolute Gasteiger partial charge is 0.480 e. The van der Waals surface area contributed by atoms with Gasteiger partial charge >= 0.3 is 0 Å². The highest BCUT2D eigenvalue weighted by molar-refractivity contribution is 6.39. The molecule has 66 heavy (non-hydrogen) atoms. The molecule has 17 heteroatoms. The fraction of sp³-hybridized carbons (Fsp3) is 0.694. The van der Waals surface area contributed by atoms with E-state index in [1.54, 1.807) is 38.2 Å². The smallest absolute Gasteiger partial charge is 0.300 e. The van der Waals surface area contributed by atoms with Gasteiger partial charge in [0.2, 0.25) is 5.79 Å². The summed E-state index contributed by atoms with van der Waals surface area (Å²) in [4.78, 5) is 56.1. The molecule has 6 unspecified atom stereocenters. The summed E-state index contributed by atoms with van der Waals surface area (Å²) < 4.78 is 31.5. The molecule has 2 saturated heterocycles. The van der Waals surface area contributed by atoms with Crippen LogP contribution in [0.1, 0.15) is 130 Å². The Morgan fingerprint density at radius 2 is 1.65 bits per heavy atom. The number of tetrazole rings is 1. The van der Waals surface area contributed by atoms with Crippen LogP contribution in [-0.2, 0) is 42.9 Å². The molecule has 10 atom stereocenters. The van der Waals surface area contributed by atoms with Crippen LogP contribution in [0.5, 0.6) is 0 Å². The van der Waals surface area contributed by atoms with Crippen molar-refractivity contribution in [2.75, 3.05) is 27.9 Å². The van der Waals surface area contributed by atoms with Crippen molar-refractivity contribution < 1.29 is 58.2 Å². The number of carbonyl (C=O) groups is 4. The van der Waals surface area contributed by atoms with Crippen LogP contribution in [-0.4, -0.2) is 134 Å². The predicted molar refractivity (Wildman–Crippen MR) is 243 cm³/mol. The number of aliphatic hydroxyl groups is 3. The van der Waals surface area contributed by atoms with Crippen molar-refractivity contribution in [2.24, 2.45) is 17.8 Å². The van der Waals surface area contributed by atoms with E-state index in [0.717, 1.165) is 23.3 Å². The van der Waals surface area contributed by atoms with E-state index >= 15 is 0 Å². The van der Waals surface area contributed by atoms with Gasteiger partial charge in [0.15, 0.2) is 5.78 Å². The Balaban J connectivity index is 1.41. The molecule has 1 aromatic rings. The van der Waals surface area contributed by atoms with Crippen LogP contribution in [0.15, 0.2) is 65.6 Å². The van der Waals surface area contributed by atoms with Crippen molar-refractivity contribution in [1.29, 1.82) is 0 Å². The van der Waals surface area contributed by atoms with Crippen molar-refractivity contribution >= 4 is 23.3 Å². The Kier molecular flexibility index (Phi) is 20.0. The first-order valence-electron chi connectivity index (χ1n) is 23.7. The van der Waals surface area contributed by atoms with Gasteiger partial charge in [0.05, 0.1) is 18.2 Å². The minimum Gasteiger partial charge on any atom is -0.480 e. The van der Waals surface area contributed by atoms with Crippen molar-refractivity contribution in [2.45, 2.75) is 172 Å². The second kappa shape index (κ2) is 25.1. The van der Waals surface area contributed by atoms with Crippen LogP contribution in [0.2, 0.25) is 0 Å². The van der Waals surface area contributed by atoms with Crippen LogP contribution >= 0.6 is 0 Å². The average Bonchev–Trinajstić information content (AvgIpc) is 3.97. The van der Waals surface area contributed by atoms with Crippen LogP contribution in [0.25, 0.3) is 0 Å². The van der Waals surface area contributed by atoms with Gasteiger partial charge in [0.25, 0.3) is 17.6 Å². The number of rotatable bonds is 7. The molecule has 3 aliphatic heterocycles. The monoisotopic (exact) mass is 924 g/mol. The third-order valence-corrected chi connectivity index (χ3v) is 13.9. The molecule has 5 rings (SSSR count). The van der Waals surface area contributed by atoms with Crippen LogP contribution < -0.4 is 0 Å². The zero-order chi connectivity index (χ0) is 48.0. The Morgan fingerprint density at radius 3 is 2.36 bits per heavy atom. The fourth-order valence-corrected chi connectivity index (χ4v) is 9.72. The number of fused-ring (bicyclic) bond motifs is 3. The van der Waals surface area contributed by atoms with E-state index in [1.165, 1.54) is 14.0 Å². The van der Waals surface area contributed by atoms with Gasteiger partial charge in [-0.2, -0.15) is 0 Å². The molecule has 3 N–H and O–H groups in total. The lowest BCUT2D eigenvalue weighted by Crippen LogP contribution is -2.53. The highest BCUT2D eigenvalue weighted by atomic mass is 16.6. The van der Waals surface area contributed by atoms with E-state index in [9.17, 15) is 34.5 Å². The third-order valence-electron chi connectivity index (χ3n) is 13.9. The first-order chi connectivity index (χ1) is 31.6. The number of hydrogen-bond acceptors (Lipinski definition) is 15. The van der Waals surface area contributed by atoms with E-state index in [-0.39, 0.29) is 67.2 Å². The van der Waals surface area contributed by atoms with Gasteiger partial charge in [-0.15, -0.1) is 5.10 Å². The molecule has 17 nitrogen and oxygen atoms in total. The number of hydrogen-bond donors (Lipinski definition) is 3. The Labute approximate surface area is 389 Å². The summed E-state index contributed by atoms with van der Waals surface area (Å²) in [6.45, 7) is 7.13. The molecule has 1 aromatic heterocycles. The van der Waals surface area contributed by atoms with Gasteiger partial charge in [-0.1, -0.05) is 63.1 Å². The normalized spacial score (nSPS) is 35.7. The first kappa shape index (κ1) is 52.6. The lowest BCUT2D eigenvalue weighted by molar-refractivity contribution is -0.204. The number of aromatic nitrogens is 4. The number of ether oxygens (including phenoxy) is 5. The van der Waals surface area contributed by atoms with E-state index in [2.05, 4.69) is 15.5 Å². The van der Waals surface area contributed by atoms with Gasteiger partial charge in [-0.25, -0.2) is 4.68 Å². The molecule has 1 amide bonds. The second-order valence-electron chi connectivity index (χ2n) is 18.5. The zero-order valence-electron chi connectivity index (χ0n) is 39.9. The maximum Gasteiger partial charge on any atom is 0.300 e. The standard InChI is InChI=1S/C49H73N5O12/c1-31-17-11-9-8-10-12-21-41-43(56)45(64-7)44(66-41)33(3)27-32(2)39(55)29-36(24-22-35-23-25-37(42(28-35)63-6)54-30-50-51-52-54)65-48(59)38-19-15-16-26-53(38)47(58)46(57)49(60,61)34(4)18-13-14-20-40(31)62-5/h8-11,17,27,30,32,34-37,40-42,44-45,59-61H,12-16,18-26,28-29H2,1-7H3/b10-8+,11-9+,31-17+,33-27+,48-38+/t32-,34?,35?,36-,37?,40+,41?,42?,44-,45?/m1/s1. The highest BCUT2D eigenvalue weighted by Crippen LogP contribution is 2.37. The maximum absolute atomic E-state index is 14.1. The molecular weight excluding hydrogens is 851 g/mol.